The lowest BCUT2D eigenvalue weighted by atomic mass is 10.1. The first kappa shape index (κ1) is 16.1. The summed E-state index contributed by atoms with van der Waals surface area (Å²) in [4.78, 5) is 26.1. The Kier molecular flexibility index (Phi) is 5.12. The highest BCUT2D eigenvalue weighted by molar-refractivity contribution is 6.37. The Morgan fingerprint density at radius 2 is 2.19 bits per heavy atom. The van der Waals surface area contributed by atoms with E-state index in [1.165, 1.54) is 0 Å². The lowest BCUT2D eigenvalue weighted by Gasteiger charge is -2.19. The van der Waals surface area contributed by atoms with Crippen LogP contribution in [0.4, 0.5) is 5.69 Å². The lowest BCUT2D eigenvalue weighted by molar-refractivity contribution is -0.132. The van der Waals surface area contributed by atoms with E-state index in [-0.39, 0.29) is 17.9 Å². The molecule has 21 heavy (non-hydrogen) atoms. The molecule has 114 valence electrons. The first-order valence-electron chi connectivity index (χ1n) is 7.00. The highest BCUT2D eigenvalue weighted by atomic mass is 35.5. The zero-order valence-electron chi connectivity index (χ0n) is 12.0. The molecule has 1 fully saturated rings. The molecule has 2 amide bonds. The molecule has 1 aliphatic heterocycles. The predicted octanol–water partition coefficient (Wildman–Crippen LogP) is 3.26. The summed E-state index contributed by atoms with van der Waals surface area (Å²) in [6.07, 6.45) is 1.33. The van der Waals surface area contributed by atoms with Gasteiger partial charge in [-0.2, -0.15) is 0 Å². The quantitative estimate of drug-likeness (QED) is 0.862. The van der Waals surface area contributed by atoms with Gasteiger partial charge in [0, 0.05) is 17.6 Å². The van der Waals surface area contributed by atoms with Gasteiger partial charge in [-0.05, 0) is 38.0 Å². The molecule has 0 unspecified atom stereocenters. The zero-order chi connectivity index (χ0) is 15.6. The van der Waals surface area contributed by atoms with Crippen molar-refractivity contribution in [2.24, 2.45) is 5.92 Å². The fraction of sp³-hybridized carbons (Fsp3) is 0.467. The van der Waals surface area contributed by atoms with Gasteiger partial charge in [-0.25, -0.2) is 0 Å². The summed E-state index contributed by atoms with van der Waals surface area (Å²) in [6.45, 7) is 4.39. The molecule has 1 saturated heterocycles. The highest BCUT2D eigenvalue weighted by Crippen LogP contribution is 2.33. The molecule has 1 heterocycles. The molecule has 0 bridgehead atoms. The maximum atomic E-state index is 12.4. The third-order valence-electron chi connectivity index (χ3n) is 3.72. The number of halogens is 2. The van der Waals surface area contributed by atoms with E-state index < -0.39 is 5.92 Å². The molecular formula is C15H18Cl2N2O2. The van der Waals surface area contributed by atoms with Crippen LogP contribution in [-0.4, -0.2) is 24.4 Å². The molecule has 4 nitrogen and oxygen atoms in total. The Bertz CT molecular complexity index is 563. The first-order chi connectivity index (χ1) is 9.93. The van der Waals surface area contributed by atoms with Crippen molar-refractivity contribution in [1.82, 2.24) is 5.32 Å². The lowest BCUT2D eigenvalue weighted by Crippen LogP contribution is -2.40. The Hall–Kier alpha value is -1.26. The van der Waals surface area contributed by atoms with Gasteiger partial charge in [0.1, 0.15) is 5.92 Å². The summed E-state index contributed by atoms with van der Waals surface area (Å²) in [7, 11) is 0. The number of nitrogens with zero attached hydrogens (tertiary/aromatic N) is 1. The molecule has 0 radical (unpaired) electrons. The molecule has 1 aliphatic rings. The van der Waals surface area contributed by atoms with Crippen LogP contribution in [0.5, 0.6) is 0 Å². The fourth-order valence-corrected chi connectivity index (χ4v) is 2.82. The average Bonchev–Trinajstić information content (AvgIpc) is 2.80. The second-order valence-corrected chi connectivity index (χ2v) is 6.09. The number of hydrogen-bond donors (Lipinski definition) is 1. The summed E-state index contributed by atoms with van der Waals surface area (Å²) in [6, 6.07) is 5.05. The van der Waals surface area contributed by atoms with E-state index in [2.05, 4.69) is 5.32 Å². The summed E-state index contributed by atoms with van der Waals surface area (Å²) in [5.74, 6) is -1.05. The minimum atomic E-state index is -0.634. The summed E-state index contributed by atoms with van der Waals surface area (Å²) >= 11 is 12.0. The monoisotopic (exact) mass is 328 g/mol. The van der Waals surface area contributed by atoms with Gasteiger partial charge >= 0.3 is 0 Å². The number of carbonyl (C=O) groups is 2. The van der Waals surface area contributed by atoms with Crippen LogP contribution in [-0.2, 0) is 9.59 Å². The van der Waals surface area contributed by atoms with E-state index >= 15 is 0 Å². The van der Waals surface area contributed by atoms with Gasteiger partial charge in [0.25, 0.3) is 0 Å². The van der Waals surface area contributed by atoms with Crippen LogP contribution < -0.4 is 10.2 Å². The smallest absolute Gasteiger partial charge is 0.239 e. The summed E-state index contributed by atoms with van der Waals surface area (Å²) in [5, 5.41) is 3.79. The Morgan fingerprint density at radius 1 is 1.48 bits per heavy atom. The molecule has 2 rings (SSSR count). The number of hydrogen-bond acceptors (Lipinski definition) is 2. The van der Waals surface area contributed by atoms with Crippen molar-refractivity contribution in [3.05, 3.63) is 28.2 Å². The second-order valence-electron chi connectivity index (χ2n) is 5.24. The highest BCUT2D eigenvalue weighted by Gasteiger charge is 2.38. The molecule has 0 spiro atoms. The fourth-order valence-electron chi connectivity index (χ4n) is 2.31. The minimum absolute atomic E-state index is 0.0680. The van der Waals surface area contributed by atoms with Crippen molar-refractivity contribution in [2.75, 3.05) is 11.4 Å². The largest absolute Gasteiger partial charge is 0.353 e. The third-order valence-corrected chi connectivity index (χ3v) is 4.26. The first-order valence-corrected chi connectivity index (χ1v) is 7.76. The van der Waals surface area contributed by atoms with E-state index in [0.717, 1.165) is 6.42 Å². The number of amides is 2. The molecule has 1 N–H and O–H groups in total. The molecule has 1 aromatic rings. The van der Waals surface area contributed by atoms with Crippen LogP contribution in [0.3, 0.4) is 0 Å². The summed E-state index contributed by atoms with van der Waals surface area (Å²) < 4.78 is 0. The molecule has 1 aromatic carbocycles. The molecule has 0 aromatic heterocycles. The SMILES string of the molecule is CC[C@@H](C)NC(=O)[C@H]1CCN(c2ccc(Cl)cc2Cl)C1=O. The van der Waals surface area contributed by atoms with Crippen LogP contribution in [0.25, 0.3) is 0 Å². The second kappa shape index (κ2) is 6.67. The van der Waals surface area contributed by atoms with Crippen molar-refractivity contribution in [3.63, 3.8) is 0 Å². The maximum absolute atomic E-state index is 12.4. The number of anilines is 1. The van der Waals surface area contributed by atoms with Crippen molar-refractivity contribution in [2.45, 2.75) is 32.7 Å². The van der Waals surface area contributed by atoms with Crippen LogP contribution in [0.15, 0.2) is 18.2 Å². The van der Waals surface area contributed by atoms with Gasteiger partial charge in [-0.15, -0.1) is 0 Å². The number of nitrogens with one attached hydrogen (secondary N) is 1. The van der Waals surface area contributed by atoms with Crippen LogP contribution in [0.2, 0.25) is 10.0 Å². The van der Waals surface area contributed by atoms with Crippen molar-refractivity contribution >= 4 is 40.7 Å². The van der Waals surface area contributed by atoms with Crippen LogP contribution in [0, 0.1) is 5.92 Å². The Balaban J connectivity index is 2.13. The predicted molar refractivity (Wildman–Crippen MR) is 84.8 cm³/mol. The Labute approximate surface area is 134 Å². The van der Waals surface area contributed by atoms with E-state index in [9.17, 15) is 9.59 Å². The molecular weight excluding hydrogens is 311 g/mol. The van der Waals surface area contributed by atoms with Gasteiger partial charge in [0.15, 0.2) is 0 Å². The molecule has 6 heteroatoms. The molecule has 0 saturated carbocycles. The van der Waals surface area contributed by atoms with Crippen molar-refractivity contribution in [1.29, 1.82) is 0 Å². The molecule has 0 aliphatic carbocycles. The van der Waals surface area contributed by atoms with Gasteiger partial charge in [0.2, 0.25) is 11.8 Å². The van der Waals surface area contributed by atoms with E-state index in [1.54, 1.807) is 23.1 Å². The van der Waals surface area contributed by atoms with Crippen LogP contribution >= 0.6 is 23.2 Å². The van der Waals surface area contributed by atoms with E-state index in [0.29, 0.717) is 28.7 Å². The average molecular weight is 329 g/mol. The zero-order valence-corrected chi connectivity index (χ0v) is 13.5. The normalized spacial score (nSPS) is 19.7. The van der Waals surface area contributed by atoms with Gasteiger partial charge < -0.3 is 10.2 Å². The maximum Gasteiger partial charge on any atom is 0.239 e. The van der Waals surface area contributed by atoms with E-state index in [1.807, 2.05) is 13.8 Å². The third kappa shape index (κ3) is 3.50. The summed E-state index contributed by atoms with van der Waals surface area (Å²) in [5.41, 5.74) is 0.602. The minimum Gasteiger partial charge on any atom is -0.353 e. The number of rotatable bonds is 4. The van der Waals surface area contributed by atoms with Gasteiger partial charge in [0.05, 0.1) is 10.7 Å². The van der Waals surface area contributed by atoms with Crippen LogP contribution in [0.1, 0.15) is 26.7 Å². The standard InChI is InChI=1S/C15H18Cl2N2O2/c1-3-9(2)18-14(20)11-6-7-19(15(11)21)13-5-4-10(16)8-12(13)17/h4-5,8-9,11H,3,6-7H2,1-2H3,(H,18,20)/t9-,11-/m1/s1. The van der Waals surface area contributed by atoms with E-state index in [4.69, 9.17) is 23.2 Å². The number of benzene rings is 1. The van der Waals surface area contributed by atoms with Gasteiger partial charge in [-0.3, -0.25) is 9.59 Å². The van der Waals surface area contributed by atoms with Crippen molar-refractivity contribution in [3.8, 4) is 0 Å². The Morgan fingerprint density at radius 3 is 2.81 bits per heavy atom. The van der Waals surface area contributed by atoms with Crippen molar-refractivity contribution < 1.29 is 9.59 Å². The number of carbonyl (C=O) groups excluding carboxylic acids is 2. The van der Waals surface area contributed by atoms with Gasteiger partial charge in [-0.1, -0.05) is 30.1 Å². The molecule has 2 atom stereocenters. The topological polar surface area (TPSA) is 49.4 Å².